The molecule has 0 bridgehead atoms. The Bertz CT molecular complexity index is 142. The highest BCUT2D eigenvalue weighted by Crippen LogP contribution is 2.27. The molecule has 0 aromatic heterocycles. The van der Waals surface area contributed by atoms with Gasteiger partial charge in [-0.1, -0.05) is 6.92 Å². The van der Waals surface area contributed by atoms with Crippen molar-refractivity contribution in [2.75, 3.05) is 0 Å². The summed E-state index contributed by atoms with van der Waals surface area (Å²) in [5, 5.41) is 17.8. The van der Waals surface area contributed by atoms with E-state index in [1.54, 1.807) is 13.8 Å². The lowest BCUT2D eigenvalue weighted by atomic mass is 9.82. The molecular weight excluding hydrogens is 144 g/mol. The molecule has 3 heteroatoms. The van der Waals surface area contributed by atoms with Crippen LogP contribution in [0.15, 0.2) is 0 Å². The smallest absolute Gasteiger partial charge is 0.309 e. The Balaban J connectivity index is 4.22. The molecule has 0 fully saturated rings. The summed E-state index contributed by atoms with van der Waals surface area (Å²) in [5.74, 6) is -0.832. The number of carboxylic acid groups (broad SMARTS) is 1. The quantitative estimate of drug-likeness (QED) is 0.651. The Hall–Kier alpha value is -0.570. The molecule has 11 heavy (non-hydrogen) atoms. The predicted molar refractivity (Wildman–Crippen MR) is 42.3 cm³/mol. The van der Waals surface area contributed by atoms with Gasteiger partial charge in [-0.25, -0.2) is 0 Å². The largest absolute Gasteiger partial charge is 0.481 e. The molecule has 0 aliphatic carbocycles. The molecule has 2 atom stereocenters. The number of aliphatic hydroxyl groups is 1. The highest BCUT2D eigenvalue weighted by molar-refractivity contribution is 5.74. The second-order valence-corrected chi connectivity index (χ2v) is 3.27. The number of hydrogen-bond donors (Lipinski definition) is 2. The fraction of sp³-hybridized carbons (Fsp3) is 0.875. The van der Waals surface area contributed by atoms with E-state index >= 15 is 0 Å². The van der Waals surface area contributed by atoms with Crippen LogP contribution in [0.25, 0.3) is 0 Å². The van der Waals surface area contributed by atoms with Crippen LogP contribution >= 0.6 is 0 Å². The first-order chi connectivity index (χ1) is 4.92. The van der Waals surface area contributed by atoms with Crippen LogP contribution in [0.4, 0.5) is 0 Å². The van der Waals surface area contributed by atoms with Gasteiger partial charge in [0.1, 0.15) is 0 Å². The Morgan fingerprint density at radius 1 is 1.64 bits per heavy atom. The minimum atomic E-state index is -0.832. The fourth-order valence-corrected chi connectivity index (χ4v) is 1.03. The van der Waals surface area contributed by atoms with Crippen molar-refractivity contribution in [3.8, 4) is 0 Å². The molecule has 0 saturated heterocycles. The third-order valence-electron chi connectivity index (χ3n) is 2.04. The molecule has 0 saturated carbocycles. The summed E-state index contributed by atoms with van der Waals surface area (Å²) in [6.45, 7) is 5.08. The van der Waals surface area contributed by atoms with Crippen molar-refractivity contribution in [3.63, 3.8) is 0 Å². The first-order valence-corrected chi connectivity index (χ1v) is 3.84. The summed E-state index contributed by atoms with van der Waals surface area (Å²) in [4.78, 5) is 10.7. The van der Waals surface area contributed by atoms with E-state index in [0.717, 1.165) is 0 Å². The van der Waals surface area contributed by atoms with Crippen LogP contribution in [0.3, 0.4) is 0 Å². The molecule has 0 heterocycles. The second kappa shape index (κ2) is 3.72. The summed E-state index contributed by atoms with van der Waals surface area (Å²) in [6.07, 6.45) is 0.322. The lowest BCUT2D eigenvalue weighted by Gasteiger charge is -2.23. The van der Waals surface area contributed by atoms with Gasteiger partial charge in [0.15, 0.2) is 0 Å². The number of aliphatic hydroxyl groups excluding tert-OH is 1. The topological polar surface area (TPSA) is 57.5 Å². The minimum absolute atomic E-state index is 0.318. The molecule has 2 N–H and O–H groups in total. The van der Waals surface area contributed by atoms with E-state index in [0.29, 0.717) is 12.8 Å². The predicted octanol–water partition coefficient (Wildman–Crippen LogP) is 1.26. The monoisotopic (exact) mass is 160 g/mol. The Morgan fingerprint density at radius 3 is 2.18 bits per heavy atom. The number of aliphatic carboxylic acids is 1. The van der Waals surface area contributed by atoms with Gasteiger partial charge in [0.25, 0.3) is 0 Å². The van der Waals surface area contributed by atoms with Crippen LogP contribution in [0.1, 0.15) is 33.6 Å². The lowest BCUT2D eigenvalue weighted by Crippen LogP contribution is -2.30. The highest BCUT2D eigenvalue weighted by atomic mass is 16.4. The molecule has 0 aromatic rings. The molecule has 66 valence electrons. The van der Waals surface area contributed by atoms with Crippen molar-refractivity contribution in [2.45, 2.75) is 39.7 Å². The molecule has 0 aliphatic heterocycles. The summed E-state index contributed by atoms with van der Waals surface area (Å²) in [6, 6.07) is 0. The van der Waals surface area contributed by atoms with Gasteiger partial charge >= 0.3 is 5.97 Å². The van der Waals surface area contributed by atoms with Crippen molar-refractivity contribution in [1.82, 2.24) is 0 Å². The van der Waals surface area contributed by atoms with Gasteiger partial charge in [0, 0.05) is 0 Å². The van der Waals surface area contributed by atoms with E-state index in [1.807, 2.05) is 6.92 Å². The third kappa shape index (κ3) is 2.89. The number of carboxylic acids is 1. The maximum atomic E-state index is 10.7. The van der Waals surface area contributed by atoms with E-state index in [-0.39, 0.29) is 0 Å². The van der Waals surface area contributed by atoms with E-state index in [1.165, 1.54) is 0 Å². The molecule has 2 unspecified atom stereocenters. The van der Waals surface area contributed by atoms with Gasteiger partial charge in [0.2, 0.25) is 0 Å². The first-order valence-electron chi connectivity index (χ1n) is 3.84. The van der Waals surface area contributed by atoms with Crippen molar-refractivity contribution in [3.05, 3.63) is 0 Å². The Kier molecular flexibility index (Phi) is 3.52. The molecule has 0 rings (SSSR count). The molecule has 0 spiro atoms. The normalized spacial score (nSPS) is 18.9. The highest BCUT2D eigenvalue weighted by Gasteiger charge is 2.32. The maximum Gasteiger partial charge on any atom is 0.309 e. The first kappa shape index (κ1) is 10.4. The van der Waals surface area contributed by atoms with Gasteiger partial charge < -0.3 is 10.2 Å². The number of carbonyl (C=O) groups is 1. The third-order valence-corrected chi connectivity index (χ3v) is 2.04. The molecular formula is C8H16O3. The second-order valence-electron chi connectivity index (χ2n) is 3.27. The lowest BCUT2D eigenvalue weighted by molar-refractivity contribution is -0.149. The summed E-state index contributed by atoms with van der Waals surface area (Å²) in [5.41, 5.74) is -0.770. The van der Waals surface area contributed by atoms with Crippen LogP contribution in [-0.2, 0) is 4.79 Å². The molecule has 0 aliphatic rings. The molecule has 0 radical (unpaired) electrons. The summed E-state index contributed by atoms with van der Waals surface area (Å²) >= 11 is 0. The summed E-state index contributed by atoms with van der Waals surface area (Å²) in [7, 11) is 0. The maximum absolute atomic E-state index is 10.7. The SMILES string of the molecule is CCC(C)(CC(C)O)C(=O)O. The van der Waals surface area contributed by atoms with Crippen LogP contribution in [-0.4, -0.2) is 22.3 Å². The fourth-order valence-electron chi connectivity index (χ4n) is 1.03. The summed E-state index contributed by atoms with van der Waals surface area (Å²) < 4.78 is 0. The Morgan fingerprint density at radius 2 is 2.09 bits per heavy atom. The zero-order valence-electron chi connectivity index (χ0n) is 7.29. The molecule has 3 nitrogen and oxygen atoms in total. The van der Waals surface area contributed by atoms with Gasteiger partial charge in [-0.2, -0.15) is 0 Å². The zero-order chi connectivity index (χ0) is 9.07. The van der Waals surface area contributed by atoms with Crippen LogP contribution < -0.4 is 0 Å². The average molecular weight is 160 g/mol. The Labute approximate surface area is 67.0 Å². The van der Waals surface area contributed by atoms with E-state index in [2.05, 4.69) is 0 Å². The molecule has 0 amide bonds. The van der Waals surface area contributed by atoms with Crippen molar-refractivity contribution in [2.24, 2.45) is 5.41 Å². The van der Waals surface area contributed by atoms with E-state index < -0.39 is 17.5 Å². The van der Waals surface area contributed by atoms with Crippen molar-refractivity contribution in [1.29, 1.82) is 0 Å². The minimum Gasteiger partial charge on any atom is -0.481 e. The zero-order valence-corrected chi connectivity index (χ0v) is 7.29. The molecule has 0 aromatic carbocycles. The van der Waals surface area contributed by atoms with Gasteiger partial charge in [-0.15, -0.1) is 0 Å². The van der Waals surface area contributed by atoms with Gasteiger partial charge in [-0.05, 0) is 26.7 Å². The van der Waals surface area contributed by atoms with Gasteiger partial charge in [0.05, 0.1) is 11.5 Å². The van der Waals surface area contributed by atoms with Crippen LogP contribution in [0.5, 0.6) is 0 Å². The number of hydrogen-bond acceptors (Lipinski definition) is 2. The standard InChI is InChI=1S/C8H16O3/c1-4-8(3,7(10)11)5-6(2)9/h6,9H,4-5H2,1-3H3,(H,10,11). The van der Waals surface area contributed by atoms with Gasteiger partial charge in [-0.3, -0.25) is 4.79 Å². The van der Waals surface area contributed by atoms with Crippen LogP contribution in [0, 0.1) is 5.41 Å². The number of rotatable bonds is 4. The van der Waals surface area contributed by atoms with E-state index in [4.69, 9.17) is 10.2 Å². The van der Waals surface area contributed by atoms with Crippen molar-refractivity contribution >= 4 is 5.97 Å². The van der Waals surface area contributed by atoms with Crippen molar-refractivity contribution < 1.29 is 15.0 Å². The van der Waals surface area contributed by atoms with Crippen LogP contribution in [0.2, 0.25) is 0 Å². The van der Waals surface area contributed by atoms with E-state index in [9.17, 15) is 4.79 Å². The average Bonchev–Trinajstić information content (AvgIpc) is 1.86.